The molecular formula is C27H32N2O4S. The number of hydrogen-bond acceptors (Lipinski definition) is 4. The number of aryl methyl sites for hydroxylation is 1. The summed E-state index contributed by atoms with van der Waals surface area (Å²) in [4.78, 5) is 13.3. The second-order valence-electron chi connectivity index (χ2n) is 8.68. The van der Waals surface area contributed by atoms with Crippen molar-refractivity contribution >= 4 is 21.6 Å². The van der Waals surface area contributed by atoms with Crippen LogP contribution in [0.25, 0.3) is 0 Å². The number of hydrogen-bond donors (Lipinski definition) is 1. The second-order valence-corrected chi connectivity index (χ2v) is 10.5. The van der Waals surface area contributed by atoms with Gasteiger partial charge >= 0.3 is 0 Å². The largest absolute Gasteiger partial charge is 0.497 e. The van der Waals surface area contributed by atoms with Gasteiger partial charge in [-0.1, -0.05) is 61.9 Å². The molecule has 3 rings (SSSR count). The minimum Gasteiger partial charge on any atom is -0.497 e. The van der Waals surface area contributed by atoms with Crippen molar-refractivity contribution in [2.24, 2.45) is 5.92 Å². The van der Waals surface area contributed by atoms with Crippen molar-refractivity contribution in [3.05, 3.63) is 90.0 Å². The molecule has 0 aliphatic carbocycles. The average Bonchev–Trinajstić information content (AvgIpc) is 2.83. The van der Waals surface area contributed by atoms with Gasteiger partial charge in [0.25, 0.3) is 10.0 Å². The Morgan fingerprint density at radius 2 is 1.56 bits per heavy atom. The summed E-state index contributed by atoms with van der Waals surface area (Å²) in [6, 6.07) is 22.8. The van der Waals surface area contributed by atoms with E-state index in [1.807, 2.05) is 37.3 Å². The topological polar surface area (TPSA) is 75.7 Å². The van der Waals surface area contributed by atoms with Gasteiger partial charge in [0.1, 0.15) is 12.3 Å². The standard InChI is InChI=1S/C27H32N2O4S/c1-20(2)18-26(22-8-6-5-7-9-22)28-27(30)19-29(23-12-14-24(33-4)15-13-23)34(31,32)25-16-10-21(3)11-17-25/h5-17,20,26H,18-19H2,1-4H3,(H,28,30)/t26-/m1/s1. The molecule has 0 aliphatic rings. The van der Waals surface area contributed by atoms with Gasteiger partial charge in [0.2, 0.25) is 5.91 Å². The summed E-state index contributed by atoms with van der Waals surface area (Å²) in [5, 5.41) is 3.05. The number of nitrogens with one attached hydrogen (secondary N) is 1. The quantitative estimate of drug-likeness (QED) is 0.438. The third-order valence-corrected chi connectivity index (χ3v) is 7.29. The lowest BCUT2D eigenvalue weighted by molar-refractivity contribution is -0.120. The average molecular weight is 481 g/mol. The van der Waals surface area contributed by atoms with Gasteiger partial charge in [-0.05, 0) is 61.2 Å². The Bertz CT molecular complexity index is 1180. The predicted molar refractivity (Wildman–Crippen MR) is 135 cm³/mol. The number of methoxy groups -OCH3 is 1. The van der Waals surface area contributed by atoms with Gasteiger partial charge in [0, 0.05) is 0 Å². The summed E-state index contributed by atoms with van der Waals surface area (Å²) in [6.07, 6.45) is 0.739. The molecule has 0 heterocycles. The summed E-state index contributed by atoms with van der Waals surface area (Å²) in [5.41, 5.74) is 2.32. The number of carbonyl (C=O) groups is 1. The monoisotopic (exact) mass is 480 g/mol. The van der Waals surface area contributed by atoms with Gasteiger partial charge in [-0.25, -0.2) is 8.42 Å². The minimum absolute atomic E-state index is 0.128. The van der Waals surface area contributed by atoms with Crippen LogP contribution in [0.1, 0.15) is 37.4 Å². The van der Waals surface area contributed by atoms with Gasteiger partial charge in [0.15, 0.2) is 0 Å². The maximum absolute atomic E-state index is 13.6. The molecule has 0 saturated heterocycles. The van der Waals surface area contributed by atoms with Crippen LogP contribution >= 0.6 is 0 Å². The molecule has 0 aromatic heterocycles. The highest BCUT2D eigenvalue weighted by atomic mass is 32.2. The van der Waals surface area contributed by atoms with Gasteiger partial charge in [-0.3, -0.25) is 9.10 Å². The van der Waals surface area contributed by atoms with Gasteiger partial charge in [-0.15, -0.1) is 0 Å². The maximum Gasteiger partial charge on any atom is 0.264 e. The van der Waals surface area contributed by atoms with Crippen molar-refractivity contribution in [3.63, 3.8) is 0 Å². The molecule has 6 nitrogen and oxygen atoms in total. The predicted octanol–water partition coefficient (Wildman–Crippen LogP) is 5.10. The van der Waals surface area contributed by atoms with Crippen LogP contribution in [0.4, 0.5) is 5.69 Å². The lowest BCUT2D eigenvalue weighted by atomic mass is 9.97. The van der Waals surface area contributed by atoms with Crippen molar-refractivity contribution in [3.8, 4) is 5.75 Å². The maximum atomic E-state index is 13.6. The van der Waals surface area contributed by atoms with E-state index in [4.69, 9.17) is 4.74 Å². The number of sulfonamides is 1. The molecule has 0 fully saturated rings. The molecule has 3 aromatic rings. The van der Waals surface area contributed by atoms with E-state index in [0.29, 0.717) is 17.4 Å². The fraction of sp³-hybridized carbons (Fsp3) is 0.296. The zero-order valence-electron chi connectivity index (χ0n) is 20.1. The molecule has 180 valence electrons. The molecule has 0 radical (unpaired) electrons. The van der Waals surface area contributed by atoms with Crippen LogP contribution in [-0.4, -0.2) is 28.0 Å². The number of anilines is 1. The van der Waals surface area contributed by atoms with Crippen LogP contribution < -0.4 is 14.4 Å². The smallest absolute Gasteiger partial charge is 0.264 e. The van der Waals surface area contributed by atoms with E-state index in [9.17, 15) is 13.2 Å². The van der Waals surface area contributed by atoms with E-state index in [0.717, 1.165) is 21.9 Å². The van der Waals surface area contributed by atoms with Crippen molar-refractivity contribution in [2.45, 2.75) is 38.1 Å². The minimum atomic E-state index is -3.98. The zero-order chi connectivity index (χ0) is 24.7. The molecule has 7 heteroatoms. The molecule has 3 aromatic carbocycles. The molecule has 0 spiro atoms. The highest BCUT2D eigenvalue weighted by Crippen LogP contribution is 2.27. The first-order valence-corrected chi connectivity index (χ1v) is 12.7. The van der Waals surface area contributed by atoms with Crippen LogP contribution in [0, 0.1) is 12.8 Å². The van der Waals surface area contributed by atoms with Crippen LogP contribution in [0.2, 0.25) is 0 Å². The molecule has 0 bridgehead atoms. The normalized spacial score (nSPS) is 12.3. The summed E-state index contributed by atoms with van der Waals surface area (Å²) in [6.45, 7) is 5.73. The molecule has 0 aliphatic heterocycles. The summed E-state index contributed by atoms with van der Waals surface area (Å²) in [7, 11) is -2.43. The van der Waals surface area contributed by atoms with E-state index in [-0.39, 0.29) is 23.4 Å². The van der Waals surface area contributed by atoms with Crippen molar-refractivity contribution in [1.82, 2.24) is 5.32 Å². The Kier molecular flexibility index (Phi) is 8.34. The Balaban J connectivity index is 1.92. The first-order chi connectivity index (χ1) is 16.2. The molecular weight excluding hydrogens is 448 g/mol. The number of benzene rings is 3. The van der Waals surface area contributed by atoms with E-state index < -0.39 is 10.0 Å². The van der Waals surface area contributed by atoms with Crippen molar-refractivity contribution in [2.75, 3.05) is 18.0 Å². The fourth-order valence-electron chi connectivity index (χ4n) is 3.71. The number of carbonyl (C=O) groups excluding carboxylic acids is 1. The van der Waals surface area contributed by atoms with Crippen LogP contribution in [0.15, 0.2) is 83.8 Å². The van der Waals surface area contributed by atoms with Crippen molar-refractivity contribution < 1.29 is 17.9 Å². The third-order valence-electron chi connectivity index (χ3n) is 5.50. The summed E-state index contributed by atoms with van der Waals surface area (Å²) >= 11 is 0. The third kappa shape index (κ3) is 6.38. The number of amides is 1. The van der Waals surface area contributed by atoms with Crippen LogP contribution in [0.5, 0.6) is 5.75 Å². The number of rotatable bonds is 10. The van der Waals surface area contributed by atoms with E-state index in [1.54, 1.807) is 55.6 Å². The summed E-state index contributed by atoms with van der Waals surface area (Å²) in [5.74, 6) is 0.572. The SMILES string of the molecule is COc1ccc(N(CC(=O)N[C@H](CC(C)C)c2ccccc2)S(=O)(=O)c2ccc(C)cc2)cc1. The Hall–Kier alpha value is -3.32. The number of ether oxygens (including phenoxy) is 1. The zero-order valence-corrected chi connectivity index (χ0v) is 20.9. The lowest BCUT2D eigenvalue weighted by Crippen LogP contribution is -2.42. The van der Waals surface area contributed by atoms with E-state index in [1.165, 1.54) is 0 Å². The Morgan fingerprint density at radius 3 is 2.12 bits per heavy atom. The first-order valence-electron chi connectivity index (χ1n) is 11.3. The van der Waals surface area contributed by atoms with E-state index >= 15 is 0 Å². The van der Waals surface area contributed by atoms with Crippen LogP contribution in [0.3, 0.4) is 0 Å². The fourth-order valence-corrected chi connectivity index (χ4v) is 5.13. The lowest BCUT2D eigenvalue weighted by Gasteiger charge is -2.26. The second kappa shape index (κ2) is 11.2. The molecule has 0 saturated carbocycles. The van der Waals surface area contributed by atoms with E-state index in [2.05, 4.69) is 19.2 Å². The van der Waals surface area contributed by atoms with Gasteiger partial charge in [-0.2, -0.15) is 0 Å². The molecule has 1 atom stereocenters. The Morgan fingerprint density at radius 1 is 0.941 bits per heavy atom. The van der Waals surface area contributed by atoms with Crippen molar-refractivity contribution in [1.29, 1.82) is 0 Å². The van der Waals surface area contributed by atoms with Gasteiger partial charge < -0.3 is 10.1 Å². The molecule has 0 unspecified atom stereocenters. The van der Waals surface area contributed by atoms with Crippen LogP contribution in [-0.2, 0) is 14.8 Å². The number of nitrogens with zero attached hydrogens (tertiary/aromatic N) is 1. The molecule has 1 N–H and O–H groups in total. The molecule has 1 amide bonds. The summed E-state index contributed by atoms with van der Waals surface area (Å²) < 4.78 is 33.5. The van der Waals surface area contributed by atoms with Gasteiger partial charge in [0.05, 0.1) is 23.7 Å². The first kappa shape index (κ1) is 25.3. The highest BCUT2D eigenvalue weighted by Gasteiger charge is 2.28. The molecule has 34 heavy (non-hydrogen) atoms. The Labute approximate surface area is 202 Å². The highest BCUT2D eigenvalue weighted by molar-refractivity contribution is 7.92.